The van der Waals surface area contributed by atoms with Crippen LogP contribution in [-0.4, -0.2) is 42.2 Å². The number of rotatable bonds is 2. The van der Waals surface area contributed by atoms with Gasteiger partial charge in [-0.15, -0.1) is 0 Å². The van der Waals surface area contributed by atoms with Gasteiger partial charge < -0.3 is 10.2 Å². The van der Waals surface area contributed by atoms with Crippen LogP contribution >= 0.6 is 11.8 Å². The van der Waals surface area contributed by atoms with Gasteiger partial charge in [0.05, 0.1) is 11.9 Å². The van der Waals surface area contributed by atoms with Gasteiger partial charge in [0.1, 0.15) is 0 Å². The molecule has 2 aliphatic rings. The Balaban J connectivity index is 1.54. The fraction of sp³-hybridized carbons (Fsp3) is 0.643. The van der Waals surface area contributed by atoms with Crippen LogP contribution in [0.3, 0.4) is 0 Å². The van der Waals surface area contributed by atoms with Crippen molar-refractivity contribution in [3.8, 4) is 0 Å². The lowest BCUT2D eigenvalue weighted by molar-refractivity contribution is 0.381. The van der Waals surface area contributed by atoms with Crippen molar-refractivity contribution in [1.82, 2.24) is 10.3 Å². The molecule has 2 fully saturated rings. The van der Waals surface area contributed by atoms with E-state index in [4.69, 9.17) is 0 Å². The fourth-order valence-corrected chi connectivity index (χ4v) is 4.30. The molecule has 0 aliphatic carbocycles. The molecule has 0 radical (unpaired) electrons. The van der Waals surface area contributed by atoms with Gasteiger partial charge >= 0.3 is 0 Å². The number of nitrogens with zero attached hydrogens (tertiary/aromatic N) is 2. The first-order valence-corrected chi connectivity index (χ1v) is 7.95. The molecule has 4 heteroatoms. The number of aromatic nitrogens is 1. The minimum atomic E-state index is 0.842. The molecule has 0 aromatic carbocycles. The number of piperidine rings is 1. The molecule has 1 unspecified atom stereocenters. The third-order valence-corrected chi connectivity index (χ3v) is 5.45. The third kappa shape index (κ3) is 2.81. The Morgan fingerprint density at radius 3 is 2.89 bits per heavy atom. The molecule has 1 atom stereocenters. The van der Waals surface area contributed by atoms with Crippen LogP contribution in [0, 0.1) is 5.92 Å². The van der Waals surface area contributed by atoms with Crippen molar-refractivity contribution in [2.24, 2.45) is 5.92 Å². The molecule has 1 N–H and O–H groups in total. The number of anilines is 1. The number of nitrogens with one attached hydrogen (secondary N) is 1. The largest absolute Gasteiger partial charge is 0.370 e. The minimum Gasteiger partial charge on any atom is -0.370 e. The Kier molecular flexibility index (Phi) is 4.06. The molecule has 0 spiro atoms. The Morgan fingerprint density at radius 1 is 1.33 bits per heavy atom. The van der Waals surface area contributed by atoms with E-state index in [1.165, 1.54) is 50.5 Å². The topological polar surface area (TPSA) is 28.2 Å². The lowest BCUT2D eigenvalue weighted by Gasteiger charge is -2.38. The SMILES string of the molecule is c1cncc(N2CCC(C3CNCCS3)CC2)c1. The maximum absolute atomic E-state index is 4.21. The monoisotopic (exact) mass is 263 g/mol. The van der Waals surface area contributed by atoms with Crippen LogP contribution in [-0.2, 0) is 0 Å². The highest BCUT2D eigenvalue weighted by Gasteiger charge is 2.28. The lowest BCUT2D eigenvalue weighted by atomic mass is 9.92. The lowest BCUT2D eigenvalue weighted by Crippen LogP contribution is -2.42. The molecule has 0 bridgehead atoms. The average Bonchev–Trinajstić information content (AvgIpc) is 2.49. The van der Waals surface area contributed by atoms with E-state index in [-0.39, 0.29) is 0 Å². The third-order valence-electron chi connectivity index (χ3n) is 4.03. The normalized spacial score (nSPS) is 26.2. The van der Waals surface area contributed by atoms with Crippen molar-refractivity contribution in [3.05, 3.63) is 24.5 Å². The van der Waals surface area contributed by atoms with E-state index in [9.17, 15) is 0 Å². The van der Waals surface area contributed by atoms with Crippen LogP contribution in [0.25, 0.3) is 0 Å². The fourth-order valence-electron chi connectivity index (χ4n) is 2.96. The maximum Gasteiger partial charge on any atom is 0.0552 e. The van der Waals surface area contributed by atoms with E-state index in [0.717, 1.165) is 11.2 Å². The predicted octanol–water partition coefficient (Wildman–Crippen LogP) is 2.00. The standard InChI is InChI=1S/C14H21N3S/c1-2-13(10-15-5-1)17-7-3-12(4-8-17)14-11-16-6-9-18-14/h1-2,5,10,12,14,16H,3-4,6-9,11H2. The highest BCUT2D eigenvalue weighted by molar-refractivity contribution is 8.00. The molecular formula is C14H21N3S. The van der Waals surface area contributed by atoms with Crippen LogP contribution in [0.15, 0.2) is 24.5 Å². The second-order valence-electron chi connectivity index (χ2n) is 5.15. The molecular weight excluding hydrogens is 242 g/mol. The molecule has 1 aromatic heterocycles. The summed E-state index contributed by atoms with van der Waals surface area (Å²) in [6.07, 6.45) is 6.49. The van der Waals surface area contributed by atoms with Gasteiger partial charge in [0, 0.05) is 43.4 Å². The molecule has 0 saturated carbocycles. The molecule has 1 aromatic rings. The van der Waals surface area contributed by atoms with Crippen molar-refractivity contribution >= 4 is 17.4 Å². The van der Waals surface area contributed by atoms with Crippen LogP contribution in [0.2, 0.25) is 0 Å². The highest BCUT2D eigenvalue weighted by atomic mass is 32.2. The zero-order valence-electron chi connectivity index (χ0n) is 10.7. The van der Waals surface area contributed by atoms with Crippen molar-refractivity contribution in [2.75, 3.05) is 36.8 Å². The van der Waals surface area contributed by atoms with Crippen molar-refractivity contribution in [1.29, 1.82) is 0 Å². The predicted molar refractivity (Wildman–Crippen MR) is 78.3 cm³/mol. The summed E-state index contributed by atoms with van der Waals surface area (Å²) in [4.78, 5) is 6.69. The van der Waals surface area contributed by atoms with Gasteiger partial charge in [-0.3, -0.25) is 4.98 Å². The summed E-state index contributed by atoms with van der Waals surface area (Å²) in [7, 11) is 0. The average molecular weight is 263 g/mol. The van der Waals surface area contributed by atoms with Crippen LogP contribution in [0.5, 0.6) is 0 Å². The van der Waals surface area contributed by atoms with E-state index in [1.54, 1.807) is 0 Å². The van der Waals surface area contributed by atoms with Crippen LogP contribution in [0.4, 0.5) is 5.69 Å². The summed E-state index contributed by atoms with van der Waals surface area (Å²) in [6, 6.07) is 4.20. The summed E-state index contributed by atoms with van der Waals surface area (Å²) >= 11 is 2.17. The summed E-state index contributed by atoms with van der Waals surface area (Å²) in [5.41, 5.74) is 1.28. The van der Waals surface area contributed by atoms with Crippen LogP contribution < -0.4 is 10.2 Å². The van der Waals surface area contributed by atoms with Gasteiger partial charge in [-0.05, 0) is 30.9 Å². The number of hydrogen-bond acceptors (Lipinski definition) is 4. The van der Waals surface area contributed by atoms with Gasteiger partial charge in [-0.1, -0.05) is 0 Å². The van der Waals surface area contributed by atoms with Gasteiger partial charge in [0.25, 0.3) is 0 Å². The first-order chi connectivity index (χ1) is 8.93. The van der Waals surface area contributed by atoms with Gasteiger partial charge in [-0.2, -0.15) is 11.8 Å². The molecule has 18 heavy (non-hydrogen) atoms. The Morgan fingerprint density at radius 2 is 2.22 bits per heavy atom. The summed E-state index contributed by atoms with van der Waals surface area (Å²) in [6.45, 7) is 4.78. The van der Waals surface area contributed by atoms with Crippen LogP contribution in [0.1, 0.15) is 12.8 Å². The molecule has 2 aliphatic heterocycles. The Bertz CT molecular complexity index is 357. The molecule has 3 heterocycles. The number of pyridine rings is 1. The van der Waals surface area contributed by atoms with E-state index in [0.29, 0.717) is 0 Å². The van der Waals surface area contributed by atoms with Gasteiger partial charge in [0.15, 0.2) is 0 Å². The number of thioether (sulfide) groups is 1. The number of hydrogen-bond donors (Lipinski definition) is 1. The summed E-state index contributed by atoms with van der Waals surface area (Å²) in [5.74, 6) is 2.18. The molecule has 3 nitrogen and oxygen atoms in total. The van der Waals surface area contributed by atoms with Gasteiger partial charge in [0.2, 0.25) is 0 Å². The van der Waals surface area contributed by atoms with Gasteiger partial charge in [-0.25, -0.2) is 0 Å². The Labute approximate surface area is 113 Å². The zero-order valence-corrected chi connectivity index (χ0v) is 11.5. The zero-order chi connectivity index (χ0) is 12.2. The van der Waals surface area contributed by atoms with E-state index >= 15 is 0 Å². The summed E-state index contributed by atoms with van der Waals surface area (Å²) < 4.78 is 0. The molecule has 98 valence electrons. The molecule has 3 rings (SSSR count). The van der Waals surface area contributed by atoms with E-state index in [2.05, 4.69) is 33.0 Å². The quantitative estimate of drug-likeness (QED) is 0.883. The first-order valence-electron chi connectivity index (χ1n) is 6.91. The molecule has 0 amide bonds. The summed E-state index contributed by atoms with van der Waals surface area (Å²) in [5, 5.41) is 4.37. The highest BCUT2D eigenvalue weighted by Crippen LogP contribution is 2.31. The van der Waals surface area contributed by atoms with E-state index in [1.807, 2.05) is 18.5 Å². The first kappa shape index (κ1) is 12.3. The van der Waals surface area contributed by atoms with Crippen molar-refractivity contribution in [2.45, 2.75) is 18.1 Å². The van der Waals surface area contributed by atoms with E-state index < -0.39 is 0 Å². The second kappa shape index (κ2) is 5.93. The maximum atomic E-state index is 4.21. The smallest absolute Gasteiger partial charge is 0.0552 e. The van der Waals surface area contributed by atoms with Crippen molar-refractivity contribution in [3.63, 3.8) is 0 Å². The van der Waals surface area contributed by atoms with Crippen molar-refractivity contribution < 1.29 is 0 Å². The minimum absolute atomic E-state index is 0.842. The second-order valence-corrected chi connectivity index (χ2v) is 6.50. The Hall–Kier alpha value is -0.740. The molecule has 2 saturated heterocycles.